The molecule has 0 atom stereocenters. The highest BCUT2D eigenvalue weighted by atomic mass is 16.5. The Morgan fingerprint density at radius 1 is 1.07 bits per heavy atom. The number of rotatable bonds is 5. The molecular formula is C22H23N3O3. The molecule has 3 aromatic rings. The van der Waals surface area contributed by atoms with Crippen LogP contribution in [0.1, 0.15) is 26.3 Å². The lowest BCUT2D eigenvalue weighted by molar-refractivity contribution is -0.118. The summed E-state index contributed by atoms with van der Waals surface area (Å²) in [5, 5.41) is 9.21. The smallest absolute Gasteiger partial charge is 0.264 e. The number of hydrogen-bond acceptors (Lipinski definition) is 4. The van der Waals surface area contributed by atoms with E-state index in [1.165, 1.54) is 6.07 Å². The topological polar surface area (TPSA) is 84.1 Å². The van der Waals surface area contributed by atoms with Gasteiger partial charge in [-0.25, -0.2) is 5.10 Å². The molecule has 1 heterocycles. The van der Waals surface area contributed by atoms with Crippen LogP contribution >= 0.6 is 0 Å². The molecule has 2 aromatic carbocycles. The Hall–Kier alpha value is -3.41. The Balaban J connectivity index is 1.63. The summed E-state index contributed by atoms with van der Waals surface area (Å²) in [6.07, 6.45) is 0. The van der Waals surface area contributed by atoms with E-state index in [0.717, 1.165) is 11.1 Å². The minimum Gasteiger partial charge on any atom is -0.484 e. The summed E-state index contributed by atoms with van der Waals surface area (Å²) >= 11 is 0. The van der Waals surface area contributed by atoms with E-state index in [1.807, 2.05) is 36.4 Å². The lowest BCUT2D eigenvalue weighted by atomic mass is 9.87. The molecule has 1 amide bonds. The van der Waals surface area contributed by atoms with Crippen LogP contribution < -0.4 is 15.6 Å². The molecule has 0 aliphatic heterocycles. The number of carbonyl (C=O) groups is 1. The van der Waals surface area contributed by atoms with E-state index in [2.05, 4.69) is 36.3 Å². The van der Waals surface area contributed by atoms with Gasteiger partial charge >= 0.3 is 0 Å². The summed E-state index contributed by atoms with van der Waals surface area (Å²) in [4.78, 5) is 23.4. The molecule has 0 radical (unpaired) electrons. The van der Waals surface area contributed by atoms with Gasteiger partial charge < -0.3 is 10.1 Å². The molecule has 3 rings (SSSR count). The van der Waals surface area contributed by atoms with E-state index in [0.29, 0.717) is 17.1 Å². The molecule has 0 unspecified atom stereocenters. The molecule has 0 fully saturated rings. The number of hydrogen-bond donors (Lipinski definition) is 2. The van der Waals surface area contributed by atoms with Crippen molar-refractivity contribution in [2.24, 2.45) is 0 Å². The molecule has 0 aliphatic carbocycles. The predicted octanol–water partition coefficient (Wildman–Crippen LogP) is 3.75. The normalized spacial score (nSPS) is 11.1. The van der Waals surface area contributed by atoms with E-state index in [4.69, 9.17) is 4.74 Å². The van der Waals surface area contributed by atoms with Crippen LogP contribution in [0.15, 0.2) is 65.5 Å². The Labute approximate surface area is 163 Å². The molecule has 0 bridgehead atoms. The van der Waals surface area contributed by atoms with Crippen molar-refractivity contribution in [3.05, 3.63) is 76.6 Å². The summed E-state index contributed by atoms with van der Waals surface area (Å²) in [6.45, 7) is 6.30. The average molecular weight is 377 g/mol. The fourth-order valence-electron chi connectivity index (χ4n) is 2.66. The van der Waals surface area contributed by atoms with Crippen molar-refractivity contribution in [2.75, 3.05) is 11.9 Å². The minimum absolute atomic E-state index is 0.0117. The lowest BCUT2D eigenvalue weighted by Gasteiger charge is -2.19. The predicted molar refractivity (Wildman–Crippen MR) is 110 cm³/mol. The van der Waals surface area contributed by atoms with Gasteiger partial charge in [-0.15, -0.1) is 0 Å². The molecule has 0 saturated carbocycles. The highest BCUT2D eigenvalue weighted by molar-refractivity contribution is 5.92. The molecule has 2 N–H and O–H groups in total. The van der Waals surface area contributed by atoms with Gasteiger partial charge in [0, 0.05) is 17.3 Å². The Morgan fingerprint density at radius 3 is 2.57 bits per heavy atom. The van der Waals surface area contributed by atoms with Crippen molar-refractivity contribution >= 4 is 11.6 Å². The van der Waals surface area contributed by atoms with Gasteiger partial charge in [-0.3, -0.25) is 9.59 Å². The van der Waals surface area contributed by atoms with Crippen LogP contribution in [0.5, 0.6) is 5.75 Å². The number of amides is 1. The summed E-state index contributed by atoms with van der Waals surface area (Å²) in [6, 6.07) is 18.0. The van der Waals surface area contributed by atoms with E-state index in [1.54, 1.807) is 18.2 Å². The highest BCUT2D eigenvalue weighted by Gasteiger charge is 2.14. The quantitative estimate of drug-likeness (QED) is 0.709. The zero-order valence-electron chi connectivity index (χ0n) is 16.2. The molecular weight excluding hydrogens is 354 g/mol. The van der Waals surface area contributed by atoms with E-state index in [-0.39, 0.29) is 23.5 Å². The van der Waals surface area contributed by atoms with Gasteiger partial charge in [-0.2, -0.15) is 5.10 Å². The number of H-pyrrole nitrogens is 1. The maximum Gasteiger partial charge on any atom is 0.264 e. The first-order valence-corrected chi connectivity index (χ1v) is 9.01. The van der Waals surface area contributed by atoms with Gasteiger partial charge in [-0.1, -0.05) is 45.0 Å². The van der Waals surface area contributed by atoms with Gasteiger partial charge in [0.15, 0.2) is 6.61 Å². The third kappa shape index (κ3) is 5.07. The maximum atomic E-state index is 12.3. The molecule has 6 nitrogen and oxygen atoms in total. The van der Waals surface area contributed by atoms with Crippen LogP contribution in [0.25, 0.3) is 11.3 Å². The fourth-order valence-corrected chi connectivity index (χ4v) is 2.66. The molecule has 1 aromatic heterocycles. The standard InChI is InChI=1S/C22H23N3O3/c1-22(2,3)16-7-5-9-18(13-16)28-14-21(27)23-17-8-4-6-15(12-17)19-10-11-20(26)25-24-19/h4-13H,14H2,1-3H3,(H,23,27)(H,25,26). The van der Waals surface area contributed by atoms with Crippen molar-refractivity contribution in [3.63, 3.8) is 0 Å². The maximum absolute atomic E-state index is 12.3. The number of ether oxygens (including phenoxy) is 1. The third-order valence-electron chi connectivity index (χ3n) is 4.19. The molecule has 0 aliphatic rings. The highest BCUT2D eigenvalue weighted by Crippen LogP contribution is 2.25. The third-order valence-corrected chi connectivity index (χ3v) is 4.19. The van der Waals surface area contributed by atoms with Crippen molar-refractivity contribution < 1.29 is 9.53 Å². The number of benzene rings is 2. The summed E-state index contributed by atoms with van der Waals surface area (Å²) in [5.41, 5.74) is 2.92. The zero-order chi connectivity index (χ0) is 20.1. The molecule has 28 heavy (non-hydrogen) atoms. The van der Waals surface area contributed by atoms with Crippen molar-refractivity contribution in [2.45, 2.75) is 26.2 Å². The molecule has 0 saturated heterocycles. The monoisotopic (exact) mass is 377 g/mol. The number of aromatic nitrogens is 2. The number of nitrogens with zero attached hydrogens (tertiary/aromatic N) is 1. The van der Waals surface area contributed by atoms with Crippen LogP contribution in [0.4, 0.5) is 5.69 Å². The largest absolute Gasteiger partial charge is 0.484 e. The lowest BCUT2D eigenvalue weighted by Crippen LogP contribution is -2.20. The first-order valence-electron chi connectivity index (χ1n) is 9.01. The van der Waals surface area contributed by atoms with Crippen LogP contribution in [-0.2, 0) is 10.2 Å². The van der Waals surface area contributed by atoms with E-state index in [9.17, 15) is 9.59 Å². The Kier molecular flexibility index (Phi) is 5.59. The van der Waals surface area contributed by atoms with Crippen molar-refractivity contribution in [1.29, 1.82) is 0 Å². The summed E-state index contributed by atoms with van der Waals surface area (Å²) in [7, 11) is 0. The number of nitrogens with one attached hydrogen (secondary N) is 2. The second kappa shape index (κ2) is 8.08. The van der Waals surface area contributed by atoms with Crippen LogP contribution in [0.3, 0.4) is 0 Å². The van der Waals surface area contributed by atoms with Gasteiger partial charge in [-0.05, 0) is 41.3 Å². The first kappa shape index (κ1) is 19.4. The molecule has 6 heteroatoms. The molecule has 144 valence electrons. The van der Waals surface area contributed by atoms with Crippen LogP contribution in [0, 0.1) is 0 Å². The number of aromatic amines is 1. The van der Waals surface area contributed by atoms with E-state index >= 15 is 0 Å². The van der Waals surface area contributed by atoms with Gasteiger partial charge in [0.2, 0.25) is 0 Å². The van der Waals surface area contributed by atoms with Gasteiger partial charge in [0.25, 0.3) is 11.5 Å². The average Bonchev–Trinajstić information content (AvgIpc) is 2.67. The fraction of sp³-hybridized carbons (Fsp3) is 0.227. The minimum atomic E-state index is -0.263. The Bertz CT molecular complexity index is 1010. The van der Waals surface area contributed by atoms with Gasteiger partial charge in [0.1, 0.15) is 5.75 Å². The van der Waals surface area contributed by atoms with Crippen LogP contribution in [0.2, 0.25) is 0 Å². The first-order chi connectivity index (χ1) is 13.3. The van der Waals surface area contributed by atoms with Gasteiger partial charge in [0.05, 0.1) is 5.69 Å². The summed E-state index contributed by atoms with van der Waals surface area (Å²) < 4.78 is 5.64. The van der Waals surface area contributed by atoms with Crippen molar-refractivity contribution in [3.8, 4) is 17.0 Å². The Morgan fingerprint density at radius 2 is 1.86 bits per heavy atom. The second-order valence-electron chi connectivity index (χ2n) is 7.50. The molecule has 0 spiro atoms. The van der Waals surface area contributed by atoms with E-state index < -0.39 is 0 Å². The van der Waals surface area contributed by atoms with Crippen molar-refractivity contribution in [1.82, 2.24) is 10.2 Å². The zero-order valence-corrected chi connectivity index (χ0v) is 16.2. The van der Waals surface area contributed by atoms with Crippen LogP contribution in [-0.4, -0.2) is 22.7 Å². The SMILES string of the molecule is CC(C)(C)c1cccc(OCC(=O)Nc2cccc(-c3ccc(=O)[nH]n3)c2)c1. The number of carbonyl (C=O) groups excluding carboxylic acids is 1. The summed E-state index contributed by atoms with van der Waals surface area (Å²) in [5.74, 6) is 0.404. The number of anilines is 1. The second-order valence-corrected chi connectivity index (χ2v) is 7.50.